The molecule has 2 atom stereocenters. The van der Waals surface area contributed by atoms with Crippen LogP contribution in [0.2, 0.25) is 5.02 Å². The molecule has 1 saturated heterocycles. The van der Waals surface area contributed by atoms with Gasteiger partial charge in [0, 0.05) is 17.8 Å². The van der Waals surface area contributed by atoms with Gasteiger partial charge in [0.15, 0.2) is 0 Å². The summed E-state index contributed by atoms with van der Waals surface area (Å²) in [6.45, 7) is 3.39. The maximum absolute atomic E-state index is 6.15. The minimum Gasteiger partial charge on any atom is -0.495 e. The van der Waals surface area contributed by atoms with E-state index >= 15 is 0 Å². The molecule has 0 aromatic heterocycles. The normalized spacial score (nSPS) is 21.1. The van der Waals surface area contributed by atoms with Crippen LogP contribution in [-0.4, -0.2) is 25.7 Å². The molecule has 2 N–H and O–H groups in total. The minimum absolute atomic E-state index is 0.426. The molecular formula is C16H25ClN2O. The highest BCUT2D eigenvalue weighted by atomic mass is 35.5. The van der Waals surface area contributed by atoms with Crippen LogP contribution < -0.4 is 15.4 Å². The zero-order valence-electron chi connectivity index (χ0n) is 12.4. The number of ether oxygens (including phenoxy) is 1. The number of halogens is 1. The van der Waals surface area contributed by atoms with E-state index in [2.05, 4.69) is 17.6 Å². The first-order valence-corrected chi connectivity index (χ1v) is 7.90. The zero-order chi connectivity index (χ0) is 14.4. The minimum atomic E-state index is 0.426. The fourth-order valence-corrected chi connectivity index (χ4v) is 3.09. The van der Waals surface area contributed by atoms with Crippen LogP contribution in [0.4, 0.5) is 5.69 Å². The lowest BCUT2D eigenvalue weighted by molar-refractivity contribution is 0.415. The highest BCUT2D eigenvalue weighted by molar-refractivity contribution is 6.32. The fourth-order valence-electron chi connectivity index (χ4n) is 2.83. The van der Waals surface area contributed by atoms with Crippen LogP contribution >= 0.6 is 11.6 Å². The number of hydrogen-bond acceptors (Lipinski definition) is 3. The van der Waals surface area contributed by atoms with Crippen molar-refractivity contribution in [3.05, 3.63) is 23.2 Å². The second kappa shape index (κ2) is 7.75. The lowest BCUT2D eigenvalue weighted by atomic mass is 10.0. The topological polar surface area (TPSA) is 33.3 Å². The van der Waals surface area contributed by atoms with Gasteiger partial charge in [-0.2, -0.15) is 0 Å². The Bertz CT molecular complexity index is 417. The van der Waals surface area contributed by atoms with Gasteiger partial charge in [0.05, 0.1) is 12.1 Å². The van der Waals surface area contributed by atoms with E-state index in [1.807, 2.05) is 18.2 Å². The molecule has 0 amide bonds. The van der Waals surface area contributed by atoms with E-state index in [0.29, 0.717) is 17.1 Å². The first-order chi connectivity index (χ1) is 9.69. The number of methoxy groups -OCH3 is 1. The van der Waals surface area contributed by atoms with Gasteiger partial charge in [-0.05, 0) is 50.9 Å². The van der Waals surface area contributed by atoms with Gasteiger partial charge in [-0.15, -0.1) is 0 Å². The monoisotopic (exact) mass is 296 g/mol. The Morgan fingerprint density at radius 3 is 3.00 bits per heavy atom. The molecule has 1 aliphatic rings. The average Bonchev–Trinajstić information content (AvgIpc) is 2.67. The molecule has 1 heterocycles. The third-order valence-corrected chi connectivity index (χ3v) is 4.16. The molecule has 4 heteroatoms. The summed E-state index contributed by atoms with van der Waals surface area (Å²) in [4.78, 5) is 0. The maximum Gasteiger partial charge on any atom is 0.137 e. The number of nitrogens with one attached hydrogen (secondary N) is 2. The second-order valence-electron chi connectivity index (χ2n) is 5.63. The quantitative estimate of drug-likeness (QED) is 0.859. The van der Waals surface area contributed by atoms with Gasteiger partial charge >= 0.3 is 0 Å². The van der Waals surface area contributed by atoms with E-state index in [1.54, 1.807) is 7.11 Å². The van der Waals surface area contributed by atoms with Crippen molar-refractivity contribution in [2.24, 2.45) is 0 Å². The molecular weight excluding hydrogens is 272 g/mol. The van der Waals surface area contributed by atoms with Gasteiger partial charge in [-0.1, -0.05) is 24.4 Å². The Balaban J connectivity index is 1.87. The van der Waals surface area contributed by atoms with Gasteiger partial charge in [-0.3, -0.25) is 0 Å². The summed E-state index contributed by atoms with van der Waals surface area (Å²) in [5, 5.41) is 7.81. The van der Waals surface area contributed by atoms with Crippen LogP contribution in [-0.2, 0) is 0 Å². The average molecular weight is 297 g/mol. The van der Waals surface area contributed by atoms with Crippen molar-refractivity contribution in [2.75, 3.05) is 19.0 Å². The first kappa shape index (κ1) is 15.5. The summed E-state index contributed by atoms with van der Waals surface area (Å²) in [7, 11) is 1.63. The van der Waals surface area contributed by atoms with Crippen molar-refractivity contribution in [3.8, 4) is 5.75 Å². The summed E-state index contributed by atoms with van der Waals surface area (Å²) < 4.78 is 5.17. The van der Waals surface area contributed by atoms with Crippen LogP contribution in [0, 0.1) is 0 Å². The molecule has 0 bridgehead atoms. The van der Waals surface area contributed by atoms with Crippen molar-refractivity contribution < 1.29 is 4.74 Å². The first-order valence-electron chi connectivity index (χ1n) is 7.52. The Morgan fingerprint density at radius 1 is 1.40 bits per heavy atom. The van der Waals surface area contributed by atoms with Gasteiger partial charge in [0.2, 0.25) is 0 Å². The molecule has 112 valence electrons. The van der Waals surface area contributed by atoms with Crippen molar-refractivity contribution in [2.45, 2.75) is 51.1 Å². The summed E-state index contributed by atoms with van der Waals surface area (Å²) in [6, 6.07) is 6.91. The Morgan fingerprint density at radius 2 is 2.25 bits per heavy atom. The molecule has 2 unspecified atom stereocenters. The van der Waals surface area contributed by atoms with Crippen LogP contribution in [0.3, 0.4) is 0 Å². The molecule has 1 aromatic rings. The predicted molar refractivity (Wildman–Crippen MR) is 86.0 cm³/mol. The maximum atomic E-state index is 6.15. The third-order valence-electron chi connectivity index (χ3n) is 3.87. The molecule has 1 aromatic carbocycles. The van der Waals surface area contributed by atoms with Gasteiger partial charge in [-0.25, -0.2) is 0 Å². The molecule has 1 aliphatic heterocycles. The van der Waals surface area contributed by atoms with E-state index in [0.717, 1.165) is 24.4 Å². The highest BCUT2D eigenvalue weighted by Gasteiger charge is 2.15. The lowest BCUT2D eigenvalue weighted by Crippen LogP contribution is -2.33. The number of anilines is 1. The number of benzene rings is 1. The second-order valence-corrected chi connectivity index (χ2v) is 6.04. The molecule has 2 rings (SSSR count). The molecule has 0 radical (unpaired) electrons. The van der Waals surface area contributed by atoms with Gasteiger partial charge < -0.3 is 15.4 Å². The molecule has 20 heavy (non-hydrogen) atoms. The van der Waals surface area contributed by atoms with E-state index in [4.69, 9.17) is 16.3 Å². The Kier molecular flexibility index (Phi) is 5.99. The third kappa shape index (κ3) is 4.57. The van der Waals surface area contributed by atoms with Gasteiger partial charge in [0.25, 0.3) is 0 Å². The van der Waals surface area contributed by atoms with E-state index < -0.39 is 0 Å². The van der Waals surface area contributed by atoms with Crippen molar-refractivity contribution in [1.82, 2.24) is 5.32 Å². The SMILES string of the molecule is COc1ccc(NC(C)CC2CCCCCN2)cc1Cl. The Hall–Kier alpha value is -0.930. The molecule has 0 saturated carbocycles. The summed E-state index contributed by atoms with van der Waals surface area (Å²) in [5.41, 5.74) is 1.05. The number of rotatable bonds is 5. The molecule has 0 spiro atoms. The van der Waals surface area contributed by atoms with E-state index in [-0.39, 0.29) is 0 Å². The number of hydrogen-bond donors (Lipinski definition) is 2. The predicted octanol–water partition coefficient (Wildman–Crippen LogP) is 4.07. The molecule has 0 aliphatic carbocycles. The highest BCUT2D eigenvalue weighted by Crippen LogP contribution is 2.27. The molecule has 1 fully saturated rings. The van der Waals surface area contributed by atoms with Crippen LogP contribution in [0.25, 0.3) is 0 Å². The fraction of sp³-hybridized carbons (Fsp3) is 0.625. The summed E-state index contributed by atoms with van der Waals surface area (Å²) in [6.07, 6.45) is 6.45. The van der Waals surface area contributed by atoms with Gasteiger partial charge in [0.1, 0.15) is 5.75 Å². The Labute approximate surface area is 127 Å². The standard InChI is InChI=1S/C16H25ClN2O/c1-12(10-13-6-4-3-5-9-18-13)19-14-7-8-16(20-2)15(17)11-14/h7-8,11-13,18-19H,3-6,9-10H2,1-2H3. The van der Waals surface area contributed by atoms with E-state index in [1.165, 1.54) is 25.7 Å². The van der Waals surface area contributed by atoms with Crippen molar-refractivity contribution >= 4 is 17.3 Å². The van der Waals surface area contributed by atoms with E-state index in [9.17, 15) is 0 Å². The summed E-state index contributed by atoms with van der Waals surface area (Å²) in [5.74, 6) is 0.718. The van der Waals surface area contributed by atoms with Crippen LogP contribution in [0.1, 0.15) is 39.0 Å². The smallest absolute Gasteiger partial charge is 0.137 e. The van der Waals surface area contributed by atoms with Crippen LogP contribution in [0.15, 0.2) is 18.2 Å². The zero-order valence-corrected chi connectivity index (χ0v) is 13.2. The molecule has 3 nitrogen and oxygen atoms in total. The van der Waals surface area contributed by atoms with Crippen molar-refractivity contribution in [1.29, 1.82) is 0 Å². The largest absolute Gasteiger partial charge is 0.495 e. The van der Waals surface area contributed by atoms with Crippen LogP contribution in [0.5, 0.6) is 5.75 Å². The lowest BCUT2D eigenvalue weighted by Gasteiger charge is -2.22. The van der Waals surface area contributed by atoms with Crippen molar-refractivity contribution in [3.63, 3.8) is 0 Å². The summed E-state index contributed by atoms with van der Waals surface area (Å²) >= 11 is 6.15.